The van der Waals surface area contributed by atoms with Crippen LogP contribution in [0.2, 0.25) is 0 Å². The first-order chi connectivity index (χ1) is 31.7. The van der Waals surface area contributed by atoms with Crippen molar-refractivity contribution in [2.24, 2.45) is 0 Å². The number of thiophene rings is 1. The van der Waals surface area contributed by atoms with Gasteiger partial charge in [0.15, 0.2) is 0 Å². The Labute approximate surface area is 287 Å². The summed E-state index contributed by atoms with van der Waals surface area (Å²) in [6.45, 7) is 0. The first-order valence-corrected chi connectivity index (χ1v) is 13.3. The Hall–Kier alpha value is -5.38. The minimum absolute atomic E-state index is 0.110. The van der Waals surface area contributed by atoms with E-state index in [9.17, 15) is 8.22 Å². The molecule has 0 atom stereocenters. The van der Waals surface area contributed by atoms with Crippen LogP contribution in [0.1, 0.15) is 34.3 Å². The predicted octanol–water partition coefficient (Wildman–Crippen LogP) is 12.2. The zero-order valence-corrected chi connectivity index (χ0v) is 22.1. The van der Waals surface area contributed by atoms with E-state index in [4.69, 9.17) is 30.5 Å². The molecule has 9 rings (SSSR count). The number of para-hydroxylation sites is 1. The molecule has 2 nitrogen and oxygen atoms in total. The Balaban J connectivity index is 1.50. The molecule has 202 valence electrons. The molecule has 0 aliphatic carbocycles. The van der Waals surface area contributed by atoms with Crippen molar-refractivity contribution in [3.63, 3.8) is 0 Å². The van der Waals surface area contributed by atoms with Gasteiger partial charge in [-0.05, 0) is 64.9 Å². The molecule has 2 heterocycles. The fraction of sp³-hybridized carbons (Fsp3) is 0. The topological polar surface area (TPSA) is 16.4 Å². The molecule has 0 spiro atoms. The van der Waals surface area contributed by atoms with Crippen LogP contribution < -0.4 is 4.90 Å². The van der Waals surface area contributed by atoms with Gasteiger partial charge in [-0.25, -0.2) is 0 Å². The summed E-state index contributed by atoms with van der Waals surface area (Å²) in [5, 5.41) is -2.54. The van der Waals surface area contributed by atoms with Crippen LogP contribution in [0.25, 0.3) is 64.0 Å². The van der Waals surface area contributed by atoms with Crippen LogP contribution in [0.4, 0.5) is 17.1 Å². The van der Waals surface area contributed by atoms with Crippen molar-refractivity contribution in [1.82, 2.24) is 0 Å². The molecule has 43 heavy (non-hydrogen) atoms. The number of rotatable bonds is 4. The van der Waals surface area contributed by atoms with Crippen LogP contribution >= 0.6 is 11.3 Å². The highest BCUT2D eigenvalue weighted by Gasteiger charge is 2.20. The van der Waals surface area contributed by atoms with Gasteiger partial charge in [0.05, 0.1) is 45.3 Å². The molecule has 0 saturated heterocycles. The van der Waals surface area contributed by atoms with Gasteiger partial charge in [0.1, 0.15) is 11.2 Å². The van der Waals surface area contributed by atoms with E-state index in [1.807, 2.05) is 0 Å². The third kappa shape index (κ3) is 3.79. The summed E-state index contributed by atoms with van der Waals surface area (Å²) in [6, 6.07) is -21.6. The fourth-order valence-corrected chi connectivity index (χ4v) is 5.93. The van der Waals surface area contributed by atoms with E-state index in [1.165, 1.54) is 0 Å². The maximum atomic E-state index is 9.57. The number of hydrogen-bond donors (Lipinski definition) is 0. The molecule has 0 fully saturated rings. The zero-order valence-electron chi connectivity index (χ0n) is 46.3. The lowest BCUT2D eigenvalue weighted by atomic mass is 10.0. The molecular weight excluding hydrogens is 543 g/mol. The molecule has 0 bridgehead atoms. The normalized spacial score (nSPS) is 19.9. The van der Waals surface area contributed by atoms with Gasteiger partial charge in [-0.3, -0.25) is 0 Å². The van der Waals surface area contributed by atoms with Crippen molar-refractivity contribution in [3.8, 4) is 11.1 Å². The second-order valence-corrected chi connectivity index (χ2v) is 10.0. The molecule has 0 unspecified atom stereocenters. The zero-order chi connectivity index (χ0) is 50.1. The molecule has 0 saturated carbocycles. The monoisotopic (exact) mass is 592 g/mol. The highest BCUT2D eigenvalue weighted by atomic mass is 32.1. The Morgan fingerprint density at radius 2 is 1.26 bits per heavy atom. The van der Waals surface area contributed by atoms with Gasteiger partial charge in [-0.15, -0.1) is 11.3 Å². The van der Waals surface area contributed by atoms with Gasteiger partial charge < -0.3 is 9.32 Å². The smallest absolute Gasteiger partial charge is 0.143 e. The van der Waals surface area contributed by atoms with Crippen LogP contribution in [0, 0.1) is 0 Å². The van der Waals surface area contributed by atoms with Gasteiger partial charge >= 0.3 is 0 Å². The van der Waals surface area contributed by atoms with Gasteiger partial charge in [0.25, 0.3) is 0 Å². The van der Waals surface area contributed by atoms with E-state index in [-0.39, 0.29) is 20.2 Å². The first kappa shape index (κ1) is 10.1. The quantitative estimate of drug-likeness (QED) is 0.202. The number of benzene rings is 7. The SMILES string of the molecule is [2H]c1c([2H])c([2H])c(N(c2c([2H])c([2H])c(-c3c([2H])c([2H])c([2H])c4c3sc3c([2H])c([2H])c([2H])c([2H])c34)c([2H])c2[2H])c2c([2H])c([2H])c([2H])c3oc4c5c([2H])c([2H])c([2H])c([2H])c5c([2H])c([2H])c4c23)c([2H])c1[2H]. The van der Waals surface area contributed by atoms with Crippen molar-refractivity contribution in [2.45, 2.75) is 0 Å². The van der Waals surface area contributed by atoms with E-state index in [1.54, 1.807) is 0 Å². The second-order valence-electron chi connectivity index (χ2n) is 9.03. The molecule has 3 heteroatoms. The number of nitrogens with zero attached hydrogens (tertiary/aromatic N) is 1. The van der Waals surface area contributed by atoms with Crippen LogP contribution in [0.15, 0.2) is 155 Å². The lowest BCUT2D eigenvalue weighted by molar-refractivity contribution is 0.672. The molecule has 0 amide bonds. The van der Waals surface area contributed by atoms with Crippen LogP contribution in [-0.4, -0.2) is 0 Å². The molecule has 0 aliphatic rings. The molecule has 2 aromatic heterocycles. The van der Waals surface area contributed by atoms with Gasteiger partial charge in [0, 0.05) is 42.3 Å². The summed E-state index contributed by atoms with van der Waals surface area (Å²) in [5.41, 5.74) is -5.21. The third-order valence-electron chi connectivity index (χ3n) is 6.68. The van der Waals surface area contributed by atoms with Gasteiger partial charge in [0.2, 0.25) is 0 Å². The lowest BCUT2D eigenvalue weighted by Crippen LogP contribution is -2.10. The summed E-state index contributed by atoms with van der Waals surface area (Å²) < 4.78 is 227. The van der Waals surface area contributed by atoms with E-state index in [2.05, 4.69) is 0 Å². The molecule has 7 aromatic carbocycles. The number of furan rings is 1. The van der Waals surface area contributed by atoms with Crippen LogP contribution in [0.3, 0.4) is 0 Å². The summed E-state index contributed by atoms with van der Waals surface area (Å²) in [5.74, 6) is 0. The van der Waals surface area contributed by atoms with E-state index in [0.29, 0.717) is 16.2 Å². The van der Waals surface area contributed by atoms with Crippen LogP contribution in [-0.2, 0) is 0 Å². The fourth-order valence-electron chi connectivity index (χ4n) is 4.86. The highest BCUT2D eigenvalue weighted by Crippen LogP contribution is 2.45. The predicted molar refractivity (Wildman–Crippen MR) is 184 cm³/mol. The minimum atomic E-state index is -1.11. The first-order valence-electron chi connectivity index (χ1n) is 25.0. The minimum Gasteiger partial charge on any atom is -0.455 e. The highest BCUT2D eigenvalue weighted by molar-refractivity contribution is 7.26. The molecule has 0 radical (unpaired) electrons. The standard InChI is InChI=1S/C40H25NOS/c1-2-11-28(12-3-1)41(35-17-9-18-36-38(35)34-25-22-26-10-4-5-13-30(26)39(34)42-36)29-23-20-27(21-24-29)31-15-8-16-33-32-14-6-7-19-37(32)43-40(31)33/h1-25H/i1D,2D,3D,4D,5D,6D,7D,8D,9D,10D,11D,12D,13D,14D,15D,16D,17D,18D,19D,20D,21D,22D,23D,24D,25D. The molecular formula is C40H25NOS. The Bertz CT molecular complexity index is 3820. The van der Waals surface area contributed by atoms with Gasteiger partial charge in [-0.2, -0.15) is 0 Å². The average Bonchev–Trinajstić information content (AvgIpc) is 3.90. The van der Waals surface area contributed by atoms with Crippen molar-refractivity contribution < 1.29 is 38.7 Å². The maximum Gasteiger partial charge on any atom is 0.143 e. The Morgan fingerprint density at radius 1 is 0.535 bits per heavy atom. The van der Waals surface area contributed by atoms with E-state index >= 15 is 0 Å². The molecule has 0 N–H and O–H groups in total. The summed E-state index contributed by atoms with van der Waals surface area (Å²) in [4.78, 5) is 0.527. The Kier molecular flexibility index (Phi) is 2.26. The largest absolute Gasteiger partial charge is 0.455 e. The third-order valence-corrected chi connectivity index (χ3v) is 7.81. The van der Waals surface area contributed by atoms with Crippen LogP contribution in [0.5, 0.6) is 0 Å². The van der Waals surface area contributed by atoms with Crippen molar-refractivity contribution in [2.75, 3.05) is 4.90 Å². The van der Waals surface area contributed by atoms with E-state index < -0.39 is 212 Å². The van der Waals surface area contributed by atoms with Crippen molar-refractivity contribution in [1.29, 1.82) is 0 Å². The second kappa shape index (κ2) is 9.59. The number of hydrogen-bond acceptors (Lipinski definition) is 3. The summed E-state index contributed by atoms with van der Waals surface area (Å²) in [6.07, 6.45) is 0. The molecule has 9 aromatic rings. The maximum absolute atomic E-state index is 9.57. The average molecular weight is 593 g/mol. The number of anilines is 3. The number of fused-ring (bicyclic) bond motifs is 8. The van der Waals surface area contributed by atoms with Crippen molar-refractivity contribution in [3.05, 3.63) is 151 Å². The van der Waals surface area contributed by atoms with Gasteiger partial charge in [-0.1, -0.05) is 103 Å². The van der Waals surface area contributed by atoms with Crippen molar-refractivity contribution >= 4 is 81.3 Å². The van der Waals surface area contributed by atoms with E-state index in [0.717, 1.165) is 0 Å². The summed E-state index contributed by atoms with van der Waals surface area (Å²) in [7, 11) is 0. The summed E-state index contributed by atoms with van der Waals surface area (Å²) >= 11 is 0.644. The molecule has 0 aliphatic heterocycles. The lowest BCUT2D eigenvalue weighted by Gasteiger charge is -2.26. The Morgan fingerprint density at radius 3 is 2.14 bits per heavy atom.